The van der Waals surface area contributed by atoms with E-state index in [9.17, 15) is 19.4 Å². The zero-order chi connectivity index (χ0) is 18.5. The molecule has 0 aliphatic carbocycles. The Hall–Kier alpha value is -3.14. The Bertz CT molecular complexity index is 903. The van der Waals surface area contributed by atoms with E-state index in [1.807, 2.05) is 12.1 Å². The van der Waals surface area contributed by atoms with E-state index >= 15 is 0 Å². The molecule has 3 rings (SSSR count). The van der Waals surface area contributed by atoms with Crippen molar-refractivity contribution >= 4 is 5.97 Å². The van der Waals surface area contributed by atoms with E-state index in [-0.39, 0.29) is 23.0 Å². The van der Waals surface area contributed by atoms with Crippen LogP contribution in [0.5, 0.6) is 5.75 Å². The van der Waals surface area contributed by atoms with Crippen LogP contribution in [0.25, 0.3) is 0 Å². The van der Waals surface area contributed by atoms with Crippen LogP contribution in [0.3, 0.4) is 0 Å². The maximum Gasteiger partial charge on any atom is 0.335 e. The Balaban J connectivity index is 1.91. The Morgan fingerprint density at radius 1 is 0.885 bits per heavy atom. The van der Waals surface area contributed by atoms with Gasteiger partial charge in [0.1, 0.15) is 11.6 Å². The molecule has 4 heteroatoms. The number of aromatic hydroxyl groups is 1. The zero-order valence-corrected chi connectivity index (χ0v) is 14.1. The standard InChI is InChI=1S/C22H19FO3/c23-20-9-7-17(8-10-20)19(13-16-4-2-6-21(24)14-16)12-15-3-1-5-18(11-15)22(25)26/h1-11,14,19,24H,12-13H2,(H,25,26). The van der Waals surface area contributed by atoms with Gasteiger partial charge in [0.05, 0.1) is 5.56 Å². The molecule has 3 aromatic carbocycles. The van der Waals surface area contributed by atoms with Crippen molar-refractivity contribution < 1.29 is 19.4 Å². The van der Waals surface area contributed by atoms with Crippen molar-refractivity contribution in [2.75, 3.05) is 0 Å². The monoisotopic (exact) mass is 350 g/mol. The van der Waals surface area contributed by atoms with Crippen LogP contribution < -0.4 is 0 Å². The summed E-state index contributed by atoms with van der Waals surface area (Å²) in [4.78, 5) is 11.2. The summed E-state index contributed by atoms with van der Waals surface area (Å²) in [7, 11) is 0. The average Bonchev–Trinajstić information content (AvgIpc) is 2.62. The summed E-state index contributed by atoms with van der Waals surface area (Å²) in [5.41, 5.74) is 3.08. The van der Waals surface area contributed by atoms with Gasteiger partial charge in [-0.2, -0.15) is 0 Å². The van der Waals surface area contributed by atoms with Crippen LogP contribution >= 0.6 is 0 Å². The first-order chi connectivity index (χ1) is 12.5. The molecular weight excluding hydrogens is 331 g/mol. The van der Waals surface area contributed by atoms with Crippen molar-refractivity contribution in [2.45, 2.75) is 18.8 Å². The van der Waals surface area contributed by atoms with Gasteiger partial charge in [-0.1, -0.05) is 36.4 Å². The summed E-state index contributed by atoms with van der Waals surface area (Å²) in [5.74, 6) is -1.02. The molecule has 0 heterocycles. The Morgan fingerprint density at radius 2 is 1.50 bits per heavy atom. The number of halogens is 1. The minimum atomic E-state index is -0.960. The third kappa shape index (κ3) is 4.48. The summed E-state index contributed by atoms with van der Waals surface area (Å²) in [5, 5.41) is 18.9. The second-order valence-electron chi connectivity index (χ2n) is 6.33. The van der Waals surface area contributed by atoms with Gasteiger partial charge in [0, 0.05) is 0 Å². The highest BCUT2D eigenvalue weighted by Gasteiger charge is 2.15. The molecule has 0 aromatic heterocycles. The second kappa shape index (κ2) is 7.83. The van der Waals surface area contributed by atoms with Crippen LogP contribution in [0.15, 0.2) is 72.8 Å². The average molecular weight is 350 g/mol. The normalized spacial score (nSPS) is 11.9. The molecule has 1 atom stereocenters. The number of phenols is 1. The van der Waals surface area contributed by atoms with Crippen LogP contribution in [0.2, 0.25) is 0 Å². The molecule has 0 aliphatic rings. The maximum atomic E-state index is 13.3. The van der Waals surface area contributed by atoms with Crippen LogP contribution in [0, 0.1) is 5.82 Å². The number of rotatable bonds is 6. The number of benzene rings is 3. The highest BCUT2D eigenvalue weighted by molar-refractivity contribution is 5.87. The fourth-order valence-electron chi connectivity index (χ4n) is 3.13. The molecule has 0 bridgehead atoms. The van der Waals surface area contributed by atoms with Crippen molar-refractivity contribution in [1.29, 1.82) is 0 Å². The first kappa shape index (κ1) is 17.7. The van der Waals surface area contributed by atoms with Gasteiger partial charge in [-0.25, -0.2) is 9.18 Å². The summed E-state index contributed by atoms with van der Waals surface area (Å²) >= 11 is 0. The van der Waals surface area contributed by atoms with Crippen molar-refractivity contribution in [2.24, 2.45) is 0 Å². The van der Waals surface area contributed by atoms with Crippen LogP contribution in [-0.2, 0) is 12.8 Å². The topological polar surface area (TPSA) is 57.5 Å². The summed E-state index contributed by atoms with van der Waals surface area (Å²) in [6.45, 7) is 0. The molecular formula is C22H19FO3. The van der Waals surface area contributed by atoms with E-state index in [1.165, 1.54) is 12.1 Å². The van der Waals surface area contributed by atoms with E-state index in [0.29, 0.717) is 12.8 Å². The van der Waals surface area contributed by atoms with Gasteiger partial charge in [0.25, 0.3) is 0 Å². The smallest absolute Gasteiger partial charge is 0.335 e. The van der Waals surface area contributed by atoms with Gasteiger partial charge in [-0.15, -0.1) is 0 Å². The predicted octanol–water partition coefficient (Wildman–Crippen LogP) is 4.80. The van der Waals surface area contributed by atoms with Crippen molar-refractivity contribution in [1.82, 2.24) is 0 Å². The molecule has 0 radical (unpaired) electrons. The SMILES string of the molecule is O=C(O)c1cccc(CC(Cc2cccc(O)c2)c2ccc(F)cc2)c1. The molecule has 0 spiro atoms. The first-order valence-corrected chi connectivity index (χ1v) is 8.37. The van der Waals surface area contributed by atoms with Gasteiger partial charge in [-0.3, -0.25) is 0 Å². The van der Waals surface area contributed by atoms with Crippen LogP contribution in [0.4, 0.5) is 4.39 Å². The predicted molar refractivity (Wildman–Crippen MR) is 98.1 cm³/mol. The third-order valence-electron chi connectivity index (χ3n) is 4.39. The Morgan fingerprint density at radius 3 is 2.12 bits per heavy atom. The summed E-state index contributed by atoms with van der Waals surface area (Å²) in [6.07, 6.45) is 1.26. The molecule has 0 fully saturated rings. The number of hydrogen-bond acceptors (Lipinski definition) is 2. The fourth-order valence-corrected chi connectivity index (χ4v) is 3.13. The fraction of sp³-hybridized carbons (Fsp3) is 0.136. The highest BCUT2D eigenvalue weighted by Crippen LogP contribution is 2.27. The number of carboxylic acid groups (broad SMARTS) is 1. The van der Waals surface area contributed by atoms with Gasteiger partial charge < -0.3 is 10.2 Å². The number of aromatic carboxylic acids is 1. The van der Waals surface area contributed by atoms with E-state index < -0.39 is 5.97 Å². The lowest BCUT2D eigenvalue weighted by atomic mass is 9.86. The van der Waals surface area contributed by atoms with Gasteiger partial charge in [0.2, 0.25) is 0 Å². The second-order valence-corrected chi connectivity index (χ2v) is 6.33. The molecule has 132 valence electrons. The zero-order valence-electron chi connectivity index (χ0n) is 14.1. The number of carbonyl (C=O) groups is 1. The molecule has 2 N–H and O–H groups in total. The van der Waals surface area contributed by atoms with Gasteiger partial charge in [0.15, 0.2) is 0 Å². The summed E-state index contributed by atoms with van der Waals surface area (Å²) in [6, 6.07) is 20.3. The highest BCUT2D eigenvalue weighted by atomic mass is 19.1. The molecule has 26 heavy (non-hydrogen) atoms. The Labute approximate surface area is 151 Å². The number of carboxylic acids is 1. The molecule has 0 aliphatic heterocycles. The van der Waals surface area contributed by atoms with Crippen LogP contribution in [-0.4, -0.2) is 16.2 Å². The van der Waals surface area contributed by atoms with E-state index in [0.717, 1.165) is 16.7 Å². The first-order valence-electron chi connectivity index (χ1n) is 8.37. The lowest BCUT2D eigenvalue weighted by Crippen LogP contribution is -2.08. The third-order valence-corrected chi connectivity index (χ3v) is 4.39. The van der Waals surface area contributed by atoms with E-state index in [4.69, 9.17) is 0 Å². The maximum absolute atomic E-state index is 13.3. The Kier molecular flexibility index (Phi) is 5.32. The molecule has 0 saturated heterocycles. The minimum absolute atomic E-state index is 0.0291. The summed E-state index contributed by atoms with van der Waals surface area (Å²) < 4.78 is 13.3. The molecule has 0 saturated carbocycles. The van der Waals surface area contributed by atoms with Gasteiger partial charge in [-0.05, 0) is 71.8 Å². The van der Waals surface area contributed by atoms with Crippen molar-refractivity contribution in [3.63, 3.8) is 0 Å². The quantitative estimate of drug-likeness (QED) is 0.671. The lowest BCUT2D eigenvalue weighted by Gasteiger charge is -2.18. The largest absolute Gasteiger partial charge is 0.508 e. The molecule has 3 aromatic rings. The molecule has 3 nitrogen and oxygen atoms in total. The number of phenolic OH excluding ortho intramolecular Hbond substituents is 1. The molecule has 1 unspecified atom stereocenters. The lowest BCUT2D eigenvalue weighted by molar-refractivity contribution is 0.0696. The van der Waals surface area contributed by atoms with Gasteiger partial charge >= 0.3 is 5.97 Å². The van der Waals surface area contributed by atoms with Crippen molar-refractivity contribution in [3.8, 4) is 5.75 Å². The molecule has 0 amide bonds. The van der Waals surface area contributed by atoms with E-state index in [1.54, 1.807) is 48.5 Å². The van der Waals surface area contributed by atoms with Crippen molar-refractivity contribution in [3.05, 3.63) is 101 Å². The van der Waals surface area contributed by atoms with E-state index in [2.05, 4.69) is 0 Å². The van der Waals surface area contributed by atoms with Crippen LogP contribution in [0.1, 0.15) is 33.0 Å². The minimum Gasteiger partial charge on any atom is -0.508 e. The number of hydrogen-bond donors (Lipinski definition) is 2.